The largest absolute Gasteiger partial charge is 0.497 e. The van der Waals surface area contributed by atoms with E-state index in [2.05, 4.69) is 27.3 Å². The van der Waals surface area contributed by atoms with Crippen molar-refractivity contribution in [3.8, 4) is 5.75 Å². The number of nitrogens with zero attached hydrogens (tertiary/aromatic N) is 1. The van der Waals surface area contributed by atoms with Crippen LogP contribution in [0.15, 0.2) is 48.5 Å². The van der Waals surface area contributed by atoms with Crippen molar-refractivity contribution in [3.63, 3.8) is 0 Å². The summed E-state index contributed by atoms with van der Waals surface area (Å²) in [5, 5.41) is 4.09. The summed E-state index contributed by atoms with van der Waals surface area (Å²) in [7, 11) is 1.63. The van der Waals surface area contributed by atoms with Crippen molar-refractivity contribution in [3.05, 3.63) is 65.4 Å². The predicted octanol–water partition coefficient (Wildman–Crippen LogP) is 3.80. The van der Waals surface area contributed by atoms with Gasteiger partial charge >= 0.3 is 0 Å². The van der Waals surface area contributed by atoms with Gasteiger partial charge in [0.15, 0.2) is 5.78 Å². The van der Waals surface area contributed by atoms with E-state index < -0.39 is 0 Å². The Morgan fingerprint density at radius 3 is 2.48 bits per heavy atom. The van der Waals surface area contributed by atoms with E-state index in [1.54, 1.807) is 14.0 Å². The normalized spacial score (nSPS) is 16.2. The van der Waals surface area contributed by atoms with Gasteiger partial charge in [-0.05, 0) is 43.5 Å². The molecule has 4 rings (SSSR count). The van der Waals surface area contributed by atoms with Gasteiger partial charge in [0.25, 0.3) is 0 Å². The van der Waals surface area contributed by atoms with E-state index in [-0.39, 0.29) is 17.2 Å². The molecule has 0 unspecified atom stereocenters. The van der Waals surface area contributed by atoms with Crippen LogP contribution in [0, 0.1) is 6.92 Å². The molecule has 0 spiro atoms. The molecule has 6 nitrogen and oxygen atoms in total. The maximum Gasteiger partial charge on any atom is 0.217 e. The molecule has 0 aliphatic carbocycles. The third kappa shape index (κ3) is 4.21. The Morgan fingerprint density at radius 2 is 1.84 bits per heavy atom. The van der Waals surface area contributed by atoms with Gasteiger partial charge < -0.3 is 15.0 Å². The summed E-state index contributed by atoms with van der Waals surface area (Å²) in [5.41, 5.74) is 3.29. The molecule has 0 saturated carbocycles. The molecule has 1 aliphatic rings. The number of Topliss-reactive ketones (excluding diaryl/α,β-unsaturated/α-hetero) is 1. The molecule has 1 aromatic heterocycles. The van der Waals surface area contributed by atoms with E-state index in [1.165, 1.54) is 0 Å². The van der Waals surface area contributed by atoms with Gasteiger partial charge in [-0.15, -0.1) is 0 Å². The number of hydrogen-bond acceptors (Lipinski definition) is 4. The van der Waals surface area contributed by atoms with Crippen LogP contribution in [0.4, 0.5) is 0 Å². The SMILES string of the molecule is COc1ccc2[nH]c(C)c(C(=O)CN3CCC(NC(C)=O)(c4ccccc4)CC3)c2c1. The highest BCUT2D eigenvalue weighted by Gasteiger charge is 2.37. The van der Waals surface area contributed by atoms with Crippen molar-refractivity contribution < 1.29 is 14.3 Å². The highest BCUT2D eigenvalue weighted by atomic mass is 16.5. The first-order valence-corrected chi connectivity index (χ1v) is 10.7. The third-order valence-corrected chi connectivity index (χ3v) is 6.29. The van der Waals surface area contributed by atoms with Crippen molar-refractivity contribution >= 4 is 22.6 Å². The Kier molecular flexibility index (Phi) is 5.83. The number of amides is 1. The number of likely N-dealkylation sites (tertiary alicyclic amines) is 1. The molecule has 1 saturated heterocycles. The maximum absolute atomic E-state index is 13.2. The highest BCUT2D eigenvalue weighted by Crippen LogP contribution is 2.33. The van der Waals surface area contributed by atoms with E-state index in [0.29, 0.717) is 6.54 Å². The van der Waals surface area contributed by atoms with Crippen molar-refractivity contribution in [2.45, 2.75) is 32.2 Å². The Morgan fingerprint density at radius 1 is 1.13 bits per heavy atom. The Labute approximate surface area is 182 Å². The lowest BCUT2D eigenvalue weighted by Crippen LogP contribution is -2.53. The number of aryl methyl sites for hydroxylation is 1. The van der Waals surface area contributed by atoms with Crippen molar-refractivity contribution in [1.29, 1.82) is 0 Å². The number of hydrogen-bond donors (Lipinski definition) is 2. The molecule has 2 N–H and O–H groups in total. The van der Waals surface area contributed by atoms with E-state index in [4.69, 9.17) is 4.74 Å². The van der Waals surface area contributed by atoms with E-state index >= 15 is 0 Å². The minimum atomic E-state index is -0.378. The minimum Gasteiger partial charge on any atom is -0.497 e. The highest BCUT2D eigenvalue weighted by molar-refractivity contribution is 6.10. The van der Waals surface area contributed by atoms with Gasteiger partial charge in [-0.1, -0.05) is 30.3 Å². The Balaban J connectivity index is 1.51. The first-order chi connectivity index (χ1) is 14.9. The quantitative estimate of drug-likeness (QED) is 0.596. The number of carbonyl (C=O) groups is 2. The lowest BCUT2D eigenvalue weighted by atomic mass is 9.80. The molecule has 2 heterocycles. The van der Waals surface area contributed by atoms with Crippen LogP contribution in [0.1, 0.15) is 41.4 Å². The molecule has 0 radical (unpaired) electrons. The van der Waals surface area contributed by atoms with Crippen LogP contribution in [0.5, 0.6) is 5.75 Å². The number of ether oxygens (including phenoxy) is 1. The van der Waals surface area contributed by atoms with Gasteiger partial charge in [-0.3, -0.25) is 14.5 Å². The molecule has 1 amide bonds. The molecule has 0 bridgehead atoms. The molecule has 6 heteroatoms. The number of benzene rings is 2. The Hall–Kier alpha value is -3.12. The Bertz CT molecular complexity index is 1100. The second-order valence-electron chi connectivity index (χ2n) is 8.37. The summed E-state index contributed by atoms with van der Waals surface area (Å²) in [6, 6.07) is 15.9. The number of nitrogens with one attached hydrogen (secondary N) is 2. The summed E-state index contributed by atoms with van der Waals surface area (Å²) in [4.78, 5) is 30.7. The fourth-order valence-electron chi connectivity index (χ4n) is 4.75. The zero-order chi connectivity index (χ0) is 22.0. The molecule has 1 fully saturated rings. The number of ketones is 1. The first kappa shape index (κ1) is 21.1. The van der Waals surface area contributed by atoms with Gasteiger partial charge in [0, 0.05) is 42.2 Å². The monoisotopic (exact) mass is 419 g/mol. The topological polar surface area (TPSA) is 74.4 Å². The third-order valence-electron chi connectivity index (χ3n) is 6.29. The van der Waals surface area contributed by atoms with E-state index in [0.717, 1.165) is 59.4 Å². The summed E-state index contributed by atoms with van der Waals surface area (Å²) in [6.45, 7) is 5.34. The summed E-state index contributed by atoms with van der Waals surface area (Å²) >= 11 is 0. The number of methoxy groups -OCH3 is 1. The average molecular weight is 420 g/mol. The average Bonchev–Trinajstić information content (AvgIpc) is 3.10. The van der Waals surface area contributed by atoms with Crippen LogP contribution >= 0.6 is 0 Å². The van der Waals surface area contributed by atoms with E-state index in [1.807, 2.05) is 43.3 Å². The summed E-state index contributed by atoms with van der Waals surface area (Å²) in [5.74, 6) is 0.807. The smallest absolute Gasteiger partial charge is 0.217 e. The molecule has 1 aliphatic heterocycles. The number of piperidine rings is 1. The van der Waals surface area contributed by atoms with Crippen LogP contribution in [0.25, 0.3) is 10.9 Å². The second kappa shape index (κ2) is 8.55. The van der Waals surface area contributed by atoms with Gasteiger partial charge in [0.2, 0.25) is 5.91 Å². The predicted molar refractivity (Wildman–Crippen MR) is 122 cm³/mol. The number of fused-ring (bicyclic) bond motifs is 1. The molecule has 2 aromatic carbocycles. The van der Waals surface area contributed by atoms with Crippen molar-refractivity contribution in [1.82, 2.24) is 15.2 Å². The van der Waals surface area contributed by atoms with Crippen LogP contribution in [0.3, 0.4) is 0 Å². The van der Waals surface area contributed by atoms with Crippen molar-refractivity contribution in [2.75, 3.05) is 26.7 Å². The molecule has 3 aromatic rings. The standard InChI is InChI=1S/C25H29N3O3/c1-17-24(21-15-20(31-3)9-10-22(21)26-17)23(30)16-28-13-11-25(12-14-28,27-18(2)29)19-7-5-4-6-8-19/h4-10,15,26H,11-14,16H2,1-3H3,(H,27,29). The lowest BCUT2D eigenvalue weighted by molar-refractivity contribution is -0.121. The molecule has 162 valence electrons. The fourth-order valence-corrected chi connectivity index (χ4v) is 4.75. The van der Waals surface area contributed by atoms with Crippen molar-refractivity contribution in [2.24, 2.45) is 0 Å². The number of carbonyl (C=O) groups excluding carboxylic acids is 2. The van der Waals surface area contributed by atoms with Gasteiger partial charge in [0.05, 0.1) is 19.2 Å². The van der Waals surface area contributed by atoms with Crippen LogP contribution in [0.2, 0.25) is 0 Å². The fraction of sp³-hybridized carbons (Fsp3) is 0.360. The molecule has 0 atom stereocenters. The zero-order valence-electron chi connectivity index (χ0n) is 18.3. The maximum atomic E-state index is 13.2. The van der Waals surface area contributed by atoms with Crippen LogP contribution < -0.4 is 10.1 Å². The lowest BCUT2D eigenvalue weighted by Gasteiger charge is -2.42. The number of aromatic nitrogens is 1. The summed E-state index contributed by atoms with van der Waals surface area (Å²) < 4.78 is 5.34. The van der Waals surface area contributed by atoms with Gasteiger partial charge in [-0.25, -0.2) is 0 Å². The zero-order valence-corrected chi connectivity index (χ0v) is 18.3. The summed E-state index contributed by atoms with van der Waals surface area (Å²) in [6.07, 6.45) is 1.54. The minimum absolute atomic E-state index is 0.0308. The van der Waals surface area contributed by atoms with Crippen LogP contribution in [-0.2, 0) is 10.3 Å². The van der Waals surface area contributed by atoms with E-state index in [9.17, 15) is 9.59 Å². The molecular formula is C25H29N3O3. The van der Waals surface area contributed by atoms with Gasteiger partial charge in [0.1, 0.15) is 5.75 Å². The second-order valence-corrected chi connectivity index (χ2v) is 8.37. The van der Waals surface area contributed by atoms with Gasteiger partial charge in [-0.2, -0.15) is 0 Å². The number of rotatable bonds is 6. The first-order valence-electron chi connectivity index (χ1n) is 10.7. The van der Waals surface area contributed by atoms with Crippen LogP contribution in [-0.4, -0.2) is 48.3 Å². The molecular weight excluding hydrogens is 390 g/mol. The number of aromatic amines is 1. The molecule has 31 heavy (non-hydrogen) atoms. The number of H-pyrrole nitrogens is 1.